The molecule has 114 valence electrons. The molecule has 0 spiro atoms. The van der Waals surface area contributed by atoms with Crippen molar-refractivity contribution in [3.8, 4) is 0 Å². The number of nitrogens with zero attached hydrogens (tertiary/aromatic N) is 4. The Labute approximate surface area is 124 Å². The van der Waals surface area contributed by atoms with Gasteiger partial charge in [-0.05, 0) is 18.6 Å². The second-order valence-electron chi connectivity index (χ2n) is 5.43. The molecule has 0 amide bonds. The summed E-state index contributed by atoms with van der Waals surface area (Å²) in [5.41, 5.74) is 6.18. The number of hydrogen-bond donors (Lipinski definition) is 2. The fourth-order valence-corrected chi connectivity index (χ4v) is 2.97. The number of oxime groups is 1. The summed E-state index contributed by atoms with van der Waals surface area (Å²) in [7, 11) is 0. The summed E-state index contributed by atoms with van der Waals surface area (Å²) >= 11 is 0. The Hall–Kier alpha value is -1.86. The van der Waals surface area contributed by atoms with Crippen LogP contribution in [0.15, 0.2) is 23.5 Å². The summed E-state index contributed by atoms with van der Waals surface area (Å²) in [5.74, 6) is 1.03. The van der Waals surface area contributed by atoms with Crippen LogP contribution in [0.5, 0.6) is 0 Å². The Balaban J connectivity index is 1.63. The lowest BCUT2D eigenvalue weighted by Gasteiger charge is -2.32. The fourth-order valence-electron chi connectivity index (χ4n) is 2.97. The third-order valence-electron chi connectivity index (χ3n) is 4.20. The molecule has 1 aromatic heterocycles. The van der Waals surface area contributed by atoms with Crippen LogP contribution in [0.25, 0.3) is 0 Å². The van der Waals surface area contributed by atoms with Crippen molar-refractivity contribution < 1.29 is 9.94 Å². The number of nitrogens with two attached hydrogens (primary N) is 1. The highest BCUT2D eigenvalue weighted by molar-refractivity contribution is 5.96. The van der Waals surface area contributed by atoms with Crippen molar-refractivity contribution in [3.63, 3.8) is 0 Å². The third kappa shape index (κ3) is 3.08. The number of anilines is 1. The smallest absolute Gasteiger partial charge is 0.171 e. The van der Waals surface area contributed by atoms with E-state index in [1.165, 1.54) is 0 Å². The monoisotopic (exact) mass is 291 g/mol. The lowest BCUT2D eigenvalue weighted by Crippen LogP contribution is -2.44. The predicted molar refractivity (Wildman–Crippen MR) is 79.8 cm³/mol. The van der Waals surface area contributed by atoms with Crippen molar-refractivity contribution in [2.75, 3.05) is 44.3 Å². The molecule has 2 aliphatic heterocycles. The van der Waals surface area contributed by atoms with Crippen LogP contribution in [0.2, 0.25) is 0 Å². The Kier molecular flexibility index (Phi) is 4.21. The maximum Gasteiger partial charge on any atom is 0.171 e. The van der Waals surface area contributed by atoms with Gasteiger partial charge in [0.05, 0.1) is 13.2 Å². The zero-order valence-electron chi connectivity index (χ0n) is 12.0. The molecule has 2 aliphatic rings. The van der Waals surface area contributed by atoms with E-state index >= 15 is 0 Å². The molecule has 0 saturated carbocycles. The first-order valence-corrected chi connectivity index (χ1v) is 7.28. The molecule has 1 atom stereocenters. The summed E-state index contributed by atoms with van der Waals surface area (Å²) in [6, 6.07) is 4.34. The Bertz CT molecular complexity index is 499. The van der Waals surface area contributed by atoms with Crippen LogP contribution in [0.3, 0.4) is 0 Å². The minimum absolute atomic E-state index is 0.0849. The summed E-state index contributed by atoms with van der Waals surface area (Å²) in [6.45, 7) is 5.73. The first-order valence-electron chi connectivity index (χ1n) is 7.28. The Morgan fingerprint density at radius 2 is 2.14 bits per heavy atom. The van der Waals surface area contributed by atoms with Crippen LogP contribution >= 0.6 is 0 Å². The molecule has 2 fully saturated rings. The SMILES string of the molecule is NC(=NO)c1ccc(N2CCC(N3CCOCC3)C2)nc1. The van der Waals surface area contributed by atoms with Gasteiger partial charge in [0.15, 0.2) is 5.84 Å². The zero-order valence-corrected chi connectivity index (χ0v) is 12.0. The summed E-state index contributed by atoms with van der Waals surface area (Å²) in [4.78, 5) is 9.22. The summed E-state index contributed by atoms with van der Waals surface area (Å²) in [6.07, 6.45) is 2.80. The molecule has 7 nitrogen and oxygen atoms in total. The number of rotatable bonds is 3. The molecule has 7 heteroatoms. The van der Waals surface area contributed by atoms with Crippen LogP contribution in [-0.2, 0) is 4.74 Å². The van der Waals surface area contributed by atoms with Crippen molar-refractivity contribution in [2.45, 2.75) is 12.5 Å². The second-order valence-corrected chi connectivity index (χ2v) is 5.43. The molecule has 1 aromatic rings. The second kappa shape index (κ2) is 6.28. The first kappa shape index (κ1) is 14.1. The number of aromatic nitrogens is 1. The summed E-state index contributed by atoms with van der Waals surface area (Å²) in [5, 5.41) is 11.6. The van der Waals surface area contributed by atoms with Gasteiger partial charge in [-0.3, -0.25) is 4.90 Å². The van der Waals surface area contributed by atoms with Gasteiger partial charge < -0.3 is 20.6 Å². The fraction of sp³-hybridized carbons (Fsp3) is 0.571. The van der Waals surface area contributed by atoms with E-state index in [0.717, 1.165) is 51.6 Å². The van der Waals surface area contributed by atoms with Gasteiger partial charge in [0.2, 0.25) is 0 Å². The van der Waals surface area contributed by atoms with Gasteiger partial charge in [0.1, 0.15) is 5.82 Å². The van der Waals surface area contributed by atoms with Gasteiger partial charge in [-0.15, -0.1) is 0 Å². The van der Waals surface area contributed by atoms with E-state index < -0.39 is 0 Å². The predicted octanol–water partition coefficient (Wildman–Crippen LogP) is 0.0870. The summed E-state index contributed by atoms with van der Waals surface area (Å²) < 4.78 is 5.41. The first-order chi connectivity index (χ1) is 10.3. The molecule has 2 saturated heterocycles. The molecule has 21 heavy (non-hydrogen) atoms. The molecule has 0 aromatic carbocycles. The minimum atomic E-state index is 0.0849. The van der Waals surface area contributed by atoms with E-state index in [9.17, 15) is 0 Å². The van der Waals surface area contributed by atoms with E-state index in [1.54, 1.807) is 6.20 Å². The van der Waals surface area contributed by atoms with Gasteiger partial charge >= 0.3 is 0 Å². The number of pyridine rings is 1. The molecular formula is C14H21N5O2. The van der Waals surface area contributed by atoms with Crippen molar-refractivity contribution in [2.24, 2.45) is 10.9 Å². The van der Waals surface area contributed by atoms with Gasteiger partial charge in [0.25, 0.3) is 0 Å². The zero-order chi connectivity index (χ0) is 14.7. The number of hydrogen-bond acceptors (Lipinski definition) is 6. The minimum Gasteiger partial charge on any atom is -0.409 e. The highest BCUT2D eigenvalue weighted by atomic mass is 16.5. The van der Waals surface area contributed by atoms with Crippen molar-refractivity contribution in [1.82, 2.24) is 9.88 Å². The van der Waals surface area contributed by atoms with Gasteiger partial charge in [-0.2, -0.15) is 0 Å². The highest BCUT2D eigenvalue weighted by Gasteiger charge is 2.29. The average Bonchev–Trinajstić information content (AvgIpc) is 3.05. The third-order valence-corrected chi connectivity index (χ3v) is 4.20. The van der Waals surface area contributed by atoms with Crippen LogP contribution < -0.4 is 10.6 Å². The normalized spacial score (nSPS) is 24.5. The van der Waals surface area contributed by atoms with E-state index in [0.29, 0.717) is 11.6 Å². The lowest BCUT2D eigenvalue weighted by atomic mass is 10.2. The van der Waals surface area contributed by atoms with Crippen LogP contribution in [0.4, 0.5) is 5.82 Å². The Morgan fingerprint density at radius 3 is 2.81 bits per heavy atom. The molecule has 3 rings (SSSR count). The van der Waals surface area contributed by atoms with Crippen LogP contribution in [0, 0.1) is 0 Å². The largest absolute Gasteiger partial charge is 0.409 e. The number of morpholine rings is 1. The number of amidine groups is 1. The molecule has 0 radical (unpaired) electrons. The topological polar surface area (TPSA) is 87.2 Å². The van der Waals surface area contributed by atoms with Gasteiger partial charge in [-0.1, -0.05) is 5.16 Å². The molecule has 0 bridgehead atoms. The van der Waals surface area contributed by atoms with E-state index in [1.807, 2.05) is 12.1 Å². The maximum absolute atomic E-state index is 8.66. The lowest BCUT2D eigenvalue weighted by molar-refractivity contribution is 0.0209. The van der Waals surface area contributed by atoms with Crippen molar-refractivity contribution in [3.05, 3.63) is 23.9 Å². The Morgan fingerprint density at radius 1 is 1.33 bits per heavy atom. The average molecular weight is 291 g/mol. The van der Waals surface area contributed by atoms with E-state index in [2.05, 4.69) is 19.9 Å². The van der Waals surface area contributed by atoms with Crippen LogP contribution in [-0.4, -0.2) is 66.4 Å². The maximum atomic E-state index is 8.66. The quantitative estimate of drug-likeness (QED) is 0.355. The van der Waals surface area contributed by atoms with E-state index in [-0.39, 0.29) is 5.84 Å². The van der Waals surface area contributed by atoms with E-state index in [4.69, 9.17) is 15.7 Å². The van der Waals surface area contributed by atoms with Crippen molar-refractivity contribution in [1.29, 1.82) is 0 Å². The van der Waals surface area contributed by atoms with Gasteiger partial charge in [-0.25, -0.2) is 4.98 Å². The molecule has 1 unspecified atom stereocenters. The van der Waals surface area contributed by atoms with Crippen LogP contribution in [0.1, 0.15) is 12.0 Å². The number of ether oxygens (including phenoxy) is 1. The molecular weight excluding hydrogens is 270 g/mol. The highest BCUT2D eigenvalue weighted by Crippen LogP contribution is 2.22. The van der Waals surface area contributed by atoms with Gasteiger partial charge in [0, 0.05) is 44.0 Å². The standard InChI is InChI=1S/C14H21N5O2/c15-14(17-20)11-1-2-13(16-9-11)19-4-3-12(10-19)18-5-7-21-8-6-18/h1-2,9,12,20H,3-8,10H2,(H2,15,17). The van der Waals surface area contributed by atoms with Crippen molar-refractivity contribution >= 4 is 11.7 Å². The molecule has 3 heterocycles. The molecule has 0 aliphatic carbocycles. The molecule has 3 N–H and O–H groups in total.